The van der Waals surface area contributed by atoms with Gasteiger partial charge in [0.15, 0.2) is 0 Å². The van der Waals surface area contributed by atoms with Crippen molar-refractivity contribution in [1.29, 1.82) is 0 Å². The number of nitrogens with zero attached hydrogens (tertiary/aromatic N) is 2. The summed E-state index contributed by atoms with van der Waals surface area (Å²) in [4.78, 5) is 34.3. The van der Waals surface area contributed by atoms with Crippen molar-refractivity contribution < 1.29 is 19.1 Å². The molecule has 0 saturated heterocycles. The van der Waals surface area contributed by atoms with Crippen molar-refractivity contribution in [1.82, 2.24) is 9.97 Å². The predicted octanol–water partition coefficient (Wildman–Crippen LogP) is 3.09. The molecular weight excluding hydrogens is 348 g/mol. The predicted molar refractivity (Wildman–Crippen MR) is 93.4 cm³/mol. The molecule has 0 amide bonds. The van der Waals surface area contributed by atoms with Gasteiger partial charge in [0.2, 0.25) is 0 Å². The molecule has 0 aromatic carbocycles. The number of aryl methyl sites for hydroxylation is 2. The zero-order chi connectivity index (χ0) is 17.7. The topological polar surface area (TPSA) is 78.4 Å². The quantitative estimate of drug-likeness (QED) is 0.699. The summed E-state index contributed by atoms with van der Waals surface area (Å²) in [5.74, 6) is -0.589. The fourth-order valence-electron chi connectivity index (χ4n) is 2.14. The second-order valence-corrected chi connectivity index (χ2v) is 7.40. The SMILES string of the molecule is CCOC(=O)Cc1nc(-c2sc(C)nc2CC(=O)OCC)sc1C. The summed E-state index contributed by atoms with van der Waals surface area (Å²) in [7, 11) is 0. The molecule has 0 bridgehead atoms. The van der Waals surface area contributed by atoms with E-state index in [2.05, 4.69) is 9.97 Å². The highest BCUT2D eigenvalue weighted by Crippen LogP contribution is 2.35. The molecule has 2 heterocycles. The summed E-state index contributed by atoms with van der Waals surface area (Å²) < 4.78 is 9.98. The highest BCUT2D eigenvalue weighted by Gasteiger charge is 2.20. The lowest BCUT2D eigenvalue weighted by Gasteiger charge is -2.01. The second kappa shape index (κ2) is 8.34. The van der Waals surface area contributed by atoms with Gasteiger partial charge in [-0.1, -0.05) is 0 Å². The summed E-state index contributed by atoms with van der Waals surface area (Å²) in [6, 6.07) is 0. The number of thiazole rings is 2. The van der Waals surface area contributed by atoms with Gasteiger partial charge >= 0.3 is 11.9 Å². The number of hydrogen-bond donors (Lipinski definition) is 0. The fraction of sp³-hybridized carbons (Fsp3) is 0.500. The van der Waals surface area contributed by atoms with Gasteiger partial charge in [-0.15, -0.1) is 22.7 Å². The van der Waals surface area contributed by atoms with Crippen LogP contribution >= 0.6 is 22.7 Å². The van der Waals surface area contributed by atoms with E-state index in [0.29, 0.717) is 24.6 Å². The molecule has 2 rings (SSSR count). The van der Waals surface area contributed by atoms with Crippen LogP contribution in [0.4, 0.5) is 0 Å². The molecule has 130 valence electrons. The first-order valence-electron chi connectivity index (χ1n) is 7.68. The number of carbonyl (C=O) groups is 2. The Morgan fingerprint density at radius 2 is 1.50 bits per heavy atom. The Labute approximate surface area is 148 Å². The van der Waals surface area contributed by atoms with Crippen molar-refractivity contribution in [2.45, 2.75) is 40.5 Å². The van der Waals surface area contributed by atoms with E-state index in [-0.39, 0.29) is 24.8 Å². The Morgan fingerprint density at radius 3 is 2.08 bits per heavy atom. The first-order chi connectivity index (χ1) is 11.4. The number of aromatic nitrogens is 2. The number of rotatable bonds is 7. The molecule has 6 nitrogen and oxygen atoms in total. The number of carbonyl (C=O) groups excluding carboxylic acids is 2. The standard InChI is InChI=1S/C16H20N2O4S2/c1-5-21-13(19)7-11-9(3)23-16(18-11)15-12(17-10(4)24-15)8-14(20)22-6-2/h5-8H2,1-4H3. The molecule has 0 saturated carbocycles. The van der Waals surface area contributed by atoms with Crippen molar-refractivity contribution in [3.05, 3.63) is 21.3 Å². The molecule has 0 N–H and O–H groups in total. The maximum atomic E-state index is 11.8. The van der Waals surface area contributed by atoms with Gasteiger partial charge in [0.1, 0.15) is 5.01 Å². The van der Waals surface area contributed by atoms with E-state index in [9.17, 15) is 9.59 Å². The summed E-state index contributed by atoms with van der Waals surface area (Å²) in [5, 5.41) is 1.64. The molecule has 2 aromatic rings. The lowest BCUT2D eigenvalue weighted by Crippen LogP contribution is -2.09. The Morgan fingerprint density at radius 1 is 0.917 bits per heavy atom. The van der Waals surface area contributed by atoms with Gasteiger partial charge in [0.05, 0.1) is 47.3 Å². The van der Waals surface area contributed by atoms with Crippen molar-refractivity contribution >= 4 is 34.6 Å². The summed E-state index contributed by atoms with van der Waals surface area (Å²) in [5.41, 5.74) is 1.38. The van der Waals surface area contributed by atoms with Crippen molar-refractivity contribution in [2.24, 2.45) is 0 Å². The van der Waals surface area contributed by atoms with Crippen LogP contribution in [0.15, 0.2) is 0 Å². The van der Waals surface area contributed by atoms with Crippen LogP contribution in [0.3, 0.4) is 0 Å². The maximum absolute atomic E-state index is 11.8. The third-order valence-electron chi connectivity index (χ3n) is 3.13. The highest BCUT2D eigenvalue weighted by molar-refractivity contribution is 7.21. The molecule has 0 fully saturated rings. The minimum atomic E-state index is -0.302. The van der Waals surface area contributed by atoms with E-state index in [1.807, 2.05) is 13.8 Å². The molecule has 0 aliphatic heterocycles. The Bertz CT molecular complexity index is 737. The molecule has 0 atom stereocenters. The first-order valence-corrected chi connectivity index (χ1v) is 9.32. The van der Waals surface area contributed by atoms with E-state index in [4.69, 9.17) is 9.47 Å². The fourth-order valence-corrected chi connectivity index (χ4v) is 4.11. The Balaban J connectivity index is 2.25. The van der Waals surface area contributed by atoms with E-state index in [1.54, 1.807) is 13.8 Å². The van der Waals surface area contributed by atoms with Crippen LogP contribution in [0.2, 0.25) is 0 Å². The monoisotopic (exact) mass is 368 g/mol. The van der Waals surface area contributed by atoms with Crippen LogP contribution in [0.5, 0.6) is 0 Å². The zero-order valence-corrected chi connectivity index (χ0v) is 15.8. The van der Waals surface area contributed by atoms with Crippen LogP contribution < -0.4 is 0 Å². The van der Waals surface area contributed by atoms with E-state index < -0.39 is 0 Å². The molecule has 8 heteroatoms. The van der Waals surface area contributed by atoms with Crippen molar-refractivity contribution in [3.8, 4) is 9.88 Å². The molecule has 0 unspecified atom stereocenters. The van der Waals surface area contributed by atoms with Crippen LogP contribution in [0, 0.1) is 13.8 Å². The van der Waals surface area contributed by atoms with E-state index in [0.717, 1.165) is 19.8 Å². The minimum Gasteiger partial charge on any atom is -0.466 e. The average Bonchev–Trinajstić information content (AvgIpc) is 3.03. The normalized spacial score (nSPS) is 10.7. The van der Waals surface area contributed by atoms with Gasteiger partial charge < -0.3 is 9.47 Å². The third kappa shape index (κ3) is 4.61. The van der Waals surface area contributed by atoms with Gasteiger partial charge in [-0.2, -0.15) is 0 Å². The first kappa shape index (κ1) is 18.5. The van der Waals surface area contributed by atoms with Gasteiger partial charge in [-0.3, -0.25) is 9.59 Å². The number of esters is 2. The summed E-state index contributed by atoms with van der Waals surface area (Å²) >= 11 is 2.99. The highest BCUT2D eigenvalue weighted by atomic mass is 32.1. The molecule has 0 aliphatic rings. The second-order valence-electron chi connectivity index (χ2n) is 4.99. The lowest BCUT2D eigenvalue weighted by atomic mass is 10.2. The average molecular weight is 368 g/mol. The van der Waals surface area contributed by atoms with Gasteiger partial charge in [-0.25, -0.2) is 9.97 Å². The van der Waals surface area contributed by atoms with Crippen LogP contribution in [-0.2, 0) is 31.9 Å². The van der Waals surface area contributed by atoms with Crippen molar-refractivity contribution in [2.75, 3.05) is 13.2 Å². The van der Waals surface area contributed by atoms with Crippen molar-refractivity contribution in [3.63, 3.8) is 0 Å². The largest absolute Gasteiger partial charge is 0.466 e. The smallest absolute Gasteiger partial charge is 0.311 e. The van der Waals surface area contributed by atoms with Crippen LogP contribution in [-0.4, -0.2) is 35.1 Å². The van der Waals surface area contributed by atoms with Gasteiger partial charge in [0.25, 0.3) is 0 Å². The Kier molecular flexibility index (Phi) is 6.44. The summed E-state index contributed by atoms with van der Waals surface area (Å²) in [6.45, 7) is 8.07. The zero-order valence-electron chi connectivity index (χ0n) is 14.2. The van der Waals surface area contributed by atoms with Crippen LogP contribution in [0.1, 0.15) is 35.1 Å². The molecule has 0 spiro atoms. The van der Waals surface area contributed by atoms with E-state index in [1.165, 1.54) is 22.7 Å². The van der Waals surface area contributed by atoms with Gasteiger partial charge in [0, 0.05) is 4.88 Å². The third-order valence-corrected chi connectivity index (χ3v) is 5.30. The van der Waals surface area contributed by atoms with E-state index >= 15 is 0 Å². The molecular formula is C16H20N2O4S2. The molecule has 24 heavy (non-hydrogen) atoms. The Hall–Kier alpha value is -1.80. The van der Waals surface area contributed by atoms with Crippen LogP contribution in [0.25, 0.3) is 9.88 Å². The minimum absolute atomic E-state index is 0.124. The lowest BCUT2D eigenvalue weighted by molar-refractivity contribution is -0.143. The van der Waals surface area contributed by atoms with Gasteiger partial charge in [-0.05, 0) is 27.7 Å². The number of ether oxygens (including phenoxy) is 2. The molecule has 0 radical (unpaired) electrons. The summed E-state index contributed by atoms with van der Waals surface area (Å²) in [6.07, 6.45) is 0.278. The molecule has 0 aliphatic carbocycles. The maximum Gasteiger partial charge on any atom is 0.311 e. The molecule has 2 aromatic heterocycles. The number of hydrogen-bond acceptors (Lipinski definition) is 8.